The van der Waals surface area contributed by atoms with Crippen LogP contribution in [0.3, 0.4) is 0 Å². The molecule has 2 heterocycles. The van der Waals surface area contributed by atoms with E-state index in [0.29, 0.717) is 17.2 Å². The third-order valence-corrected chi connectivity index (χ3v) is 6.24. The van der Waals surface area contributed by atoms with Crippen LogP contribution in [0.5, 0.6) is 0 Å². The smallest absolute Gasteiger partial charge is 0.169 e. The van der Waals surface area contributed by atoms with Crippen LogP contribution in [0.15, 0.2) is 82.3 Å². The minimum Gasteiger partial charge on any atom is -0.358 e. The molecule has 3 aromatic carbocycles. The molecule has 1 aliphatic rings. The number of nitrogens with zero attached hydrogens (tertiary/aromatic N) is 2. The lowest BCUT2D eigenvalue weighted by Crippen LogP contribution is -2.11. The number of Topliss-reactive ketones (excluding diaryl/α,β-unsaturated/α-hetero) is 1. The highest BCUT2D eigenvalue weighted by Gasteiger charge is 2.31. The summed E-state index contributed by atoms with van der Waals surface area (Å²) in [5.41, 5.74) is 7.65. The van der Waals surface area contributed by atoms with Gasteiger partial charge in [-0.25, -0.2) is 0 Å². The molecule has 0 spiro atoms. The van der Waals surface area contributed by atoms with Crippen molar-refractivity contribution < 1.29 is 9.32 Å². The number of benzene rings is 3. The lowest BCUT2D eigenvalue weighted by molar-refractivity contribution is -0.118. The van der Waals surface area contributed by atoms with E-state index >= 15 is 0 Å². The minimum atomic E-state index is -0.461. The second-order valence-corrected chi connectivity index (χ2v) is 8.89. The van der Waals surface area contributed by atoms with Gasteiger partial charge in [0.2, 0.25) is 0 Å². The van der Waals surface area contributed by atoms with E-state index in [0.717, 1.165) is 39.2 Å². The second kappa shape index (κ2) is 8.80. The average molecular weight is 455 g/mol. The monoisotopic (exact) mass is 454 g/mol. The summed E-state index contributed by atoms with van der Waals surface area (Å²) in [6, 6.07) is 23.3. The fourth-order valence-electron chi connectivity index (χ4n) is 4.33. The van der Waals surface area contributed by atoms with Crippen molar-refractivity contribution in [2.75, 3.05) is 0 Å². The molecule has 0 aliphatic carbocycles. The number of fused-ring (bicyclic) bond motifs is 3. The van der Waals surface area contributed by atoms with E-state index in [1.807, 2.05) is 74.5 Å². The number of aryl methyl sites for hydroxylation is 2. The van der Waals surface area contributed by atoms with Gasteiger partial charge in [-0.05, 0) is 37.1 Å². The predicted molar refractivity (Wildman–Crippen MR) is 131 cm³/mol. The summed E-state index contributed by atoms with van der Waals surface area (Å²) in [5.74, 6) is 0.746. The molecule has 0 radical (unpaired) electrons. The number of aromatic nitrogens is 1. The second-order valence-electron chi connectivity index (χ2n) is 8.46. The van der Waals surface area contributed by atoms with Crippen molar-refractivity contribution in [3.8, 4) is 11.1 Å². The van der Waals surface area contributed by atoms with Crippen LogP contribution in [-0.4, -0.2) is 16.7 Å². The number of rotatable bonds is 5. The zero-order valence-electron chi connectivity index (χ0n) is 18.5. The number of hydrogen-bond acceptors (Lipinski definition) is 4. The number of aliphatic imine (C=N–C) groups is 1. The highest BCUT2D eigenvalue weighted by atomic mass is 35.5. The van der Waals surface area contributed by atoms with Gasteiger partial charge in [-0.3, -0.25) is 9.79 Å². The summed E-state index contributed by atoms with van der Waals surface area (Å²) in [5, 5.41) is 4.89. The normalized spacial score (nSPS) is 14.8. The SMILES string of the molecule is Cc1ccc(CC(=O)C[C@@H]2N=C(c3ccc(Cl)cc3)c3ccccc3-c3c(C)noc32)cc1. The third-order valence-electron chi connectivity index (χ3n) is 5.99. The molecule has 0 N–H and O–H groups in total. The van der Waals surface area contributed by atoms with Crippen molar-refractivity contribution in [1.29, 1.82) is 0 Å². The molecule has 1 aromatic heterocycles. The molecule has 33 heavy (non-hydrogen) atoms. The van der Waals surface area contributed by atoms with Gasteiger partial charge < -0.3 is 4.52 Å². The first kappa shape index (κ1) is 21.4. The largest absolute Gasteiger partial charge is 0.358 e. The Hall–Kier alpha value is -3.50. The fourth-order valence-corrected chi connectivity index (χ4v) is 4.46. The Labute approximate surface area is 197 Å². The van der Waals surface area contributed by atoms with Gasteiger partial charge >= 0.3 is 0 Å². The summed E-state index contributed by atoms with van der Waals surface area (Å²) in [6.07, 6.45) is 0.596. The first-order valence-electron chi connectivity index (χ1n) is 11.0. The fraction of sp³-hybridized carbons (Fsp3) is 0.179. The molecular weight excluding hydrogens is 432 g/mol. The van der Waals surface area contributed by atoms with Gasteiger partial charge in [0.15, 0.2) is 5.76 Å². The van der Waals surface area contributed by atoms with E-state index in [2.05, 4.69) is 17.3 Å². The van der Waals surface area contributed by atoms with Crippen LogP contribution in [0.25, 0.3) is 11.1 Å². The van der Waals surface area contributed by atoms with Crippen molar-refractivity contribution in [3.05, 3.63) is 112 Å². The zero-order chi connectivity index (χ0) is 22.9. The summed E-state index contributed by atoms with van der Waals surface area (Å²) < 4.78 is 5.78. The zero-order valence-corrected chi connectivity index (χ0v) is 19.3. The lowest BCUT2D eigenvalue weighted by atomic mass is 9.92. The van der Waals surface area contributed by atoms with Crippen LogP contribution in [0.2, 0.25) is 5.02 Å². The summed E-state index contributed by atoms with van der Waals surface area (Å²) >= 11 is 6.14. The molecule has 1 aliphatic heterocycles. The van der Waals surface area contributed by atoms with Crippen LogP contribution in [0.4, 0.5) is 0 Å². The molecule has 1 atom stereocenters. The molecule has 4 aromatic rings. The van der Waals surface area contributed by atoms with E-state index in [1.54, 1.807) is 0 Å². The first-order chi connectivity index (χ1) is 16.0. The van der Waals surface area contributed by atoms with E-state index in [1.165, 1.54) is 5.56 Å². The van der Waals surface area contributed by atoms with Gasteiger partial charge in [0, 0.05) is 29.0 Å². The number of ketones is 1. The summed E-state index contributed by atoms with van der Waals surface area (Å²) in [4.78, 5) is 18.2. The van der Waals surface area contributed by atoms with Gasteiger partial charge in [0.1, 0.15) is 11.8 Å². The van der Waals surface area contributed by atoms with Crippen molar-refractivity contribution in [2.45, 2.75) is 32.7 Å². The van der Waals surface area contributed by atoms with E-state index < -0.39 is 6.04 Å². The third kappa shape index (κ3) is 4.27. The molecule has 0 fully saturated rings. The van der Waals surface area contributed by atoms with Crippen LogP contribution in [-0.2, 0) is 11.2 Å². The van der Waals surface area contributed by atoms with Crippen molar-refractivity contribution in [3.63, 3.8) is 0 Å². The average Bonchev–Trinajstić information content (AvgIpc) is 3.13. The Kier molecular flexibility index (Phi) is 5.69. The van der Waals surface area contributed by atoms with Crippen LogP contribution >= 0.6 is 11.6 Å². The summed E-state index contributed by atoms with van der Waals surface area (Å²) in [7, 11) is 0. The maximum absolute atomic E-state index is 13.1. The number of hydrogen-bond donors (Lipinski definition) is 0. The Bertz CT molecular complexity index is 1350. The molecule has 0 amide bonds. The highest BCUT2D eigenvalue weighted by molar-refractivity contribution is 6.30. The minimum absolute atomic E-state index is 0.106. The Morgan fingerprint density at radius 1 is 0.939 bits per heavy atom. The van der Waals surface area contributed by atoms with Crippen molar-refractivity contribution >= 4 is 23.1 Å². The number of halogens is 1. The lowest BCUT2D eigenvalue weighted by Gasteiger charge is -2.12. The number of carbonyl (C=O) groups excluding carboxylic acids is 1. The molecule has 4 nitrogen and oxygen atoms in total. The topological polar surface area (TPSA) is 55.5 Å². The van der Waals surface area contributed by atoms with Crippen LogP contribution in [0.1, 0.15) is 46.2 Å². The number of carbonyl (C=O) groups is 1. The van der Waals surface area contributed by atoms with E-state index in [4.69, 9.17) is 21.1 Å². The van der Waals surface area contributed by atoms with Crippen LogP contribution in [0, 0.1) is 13.8 Å². The van der Waals surface area contributed by atoms with Gasteiger partial charge in [0.25, 0.3) is 0 Å². The van der Waals surface area contributed by atoms with Gasteiger partial charge in [-0.15, -0.1) is 0 Å². The molecule has 5 rings (SSSR count). The molecule has 0 saturated heterocycles. The molecule has 0 bridgehead atoms. The molecule has 164 valence electrons. The summed E-state index contributed by atoms with van der Waals surface area (Å²) in [6.45, 7) is 3.97. The quantitative estimate of drug-likeness (QED) is 0.337. The Balaban J connectivity index is 1.58. The van der Waals surface area contributed by atoms with E-state index in [-0.39, 0.29) is 12.2 Å². The molecule has 5 heteroatoms. The molecule has 0 unspecified atom stereocenters. The molecular formula is C28H23ClN2O2. The first-order valence-corrected chi connectivity index (χ1v) is 11.3. The molecule has 0 saturated carbocycles. The van der Waals surface area contributed by atoms with Crippen molar-refractivity contribution in [2.24, 2.45) is 4.99 Å². The van der Waals surface area contributed by atoms with Crippen molar-refractivity contribution in [1.82, 2.24) is 5.16 Å². The Morgan fingerprint density at radius 2 is 1.64 bits per heavy atom. The van der Waals surface area contributed by atoms with E-state index in [9.17, 15) is 4.79 Å². The van der Waals surface area contributed by atoms with Crippen LogP contribution < -0.4 is 0 Å². The van der Waals surface area contributed by atoms with Gasteiger partial charge in [0.05, 0.1) is 17.0 Å². The highest BCUT2D eigenvalue weighted by Crippen LogP contribution is 2.41. The standard InChI is InChI=1S/C28H23ClN2O2/c1-17-7-9-19(10-8-17)15-22(32)16-25-28-26(18(2)31-33-28)23-5-3-4-6-24(23)27(30-25)20-11-13-21(29)14-12-20/h3-14,25H,15-16H2,1-2H3/t25-/m0/s1. The van der Waals surface area contributed by atoms with Gasteiger partial charge in [-0.2, -0.15) is 0 Å². The maximum atomic E-state index is 13.1. The Morgan fingerprint density at radius 3 is 2.36 bits per heavy atom. The predicted octanol–water partition coefficient (Wildman–Crippen LogP) is 6.71. The maximum Gasteiger partial charge on any atom is 0.169 e. The van der Waals surface area contributed by atoms with Gasteiger partial charge in [-0.1, -0.05) is 83.0 Å².